The highest BCUT2D eigenvalue weighted by atomic mass is 32.2. The molecule has 0 radical (unpaired) electrons. The van der Waals surface area contributed by atoms with Crippen molar-refractivity contribution < 1.29 is 8.42 Å². The minimum atomic E-state index is -3.11. The smallest absolute Gasteiger partial charge is 0.154 e. The number of aliphatic imine (C=N–C) groups is 2. The Morgan fingerprint density at radius 1 is 0.826 bits per heavy atom. The maximum atomic E-state index is 11.9. The van der Waals surface area contributed by atoms with Crippen LogP contribution in [0, 0.1) is 0 Å². The van der Waals surface area contributed by atoms with E-state index in [-0.39, 0.29) is 23.6 Å². The van der Waals surface area contributed by atoms with E-state index in [0.717, 1.165) is 11.1 Å². The lowest BCUT2D eigenvalue weighted by atomic mass is 10.2. The summed E-state index contributed by atoms with van der Waals surface area (Å²) < 4.78 is 23.8. The van der Waals surface area contributed by atoms with E-state index in [1.807, 2.05) is 24.3 Å². The zero-order chi connectivity index (χ0) is 16.1. The maximum Gasteiger partial charge on any atom is 0.154 e. The fourth-order valence-corrected chi connectivity index (χ4v) is 4.15. The van der Waals surface area contributed by atoms with E-state index in [1.54, 1.807) is 37.2 Å². The summed E-state index contributed by atoms with van der Waals surface area (Å²) in [6.45, 7) is 0. The van der Waals surface area contributed by atoms with Gasteiger partial charge in [0.25, 0.3) is 0 Å². The van der Waals surface area contributed by atoms with Crippen molar-refractivity contribution in [2.75, 3.05) is 11.5 Å². The summed E-state index contributed by atoms with van der Waals surface area (Å²) in [5, 5.41) is 0. The summed E-state index contributed by atoms with van der Waals surface area (Å²) in [4.78, 5) is 16.7. The van der Waals surface area contributed by atoms with Crippen molar-refractivity contribution in [2.24, 2.45) is 9.98 Å². The van der Waals surface area contributed by atoms with Gasteiger partial charge >= 0.3 is 0 Å². The first kappa shape index (κ1) is 15.5. The summed E-state index contributed by atoms with van der Waals surface area (Å²) in [6.07, 6.45) is 10.1. The Kier molecular flexibility index (Phi) is 4.57. The molecule has 0 aliphatic carbocycles. The van der Waals surface area contributed by atoms with Crippen molar-refractivity contribution in [1.29, 1.82) is 0 Å². The molecule has 0 spiro atoms. The molecule has 2 aromatic rings. The average molecular weight is 328 g/mol. The molecule has 118 valence electrons. The van der Waals surface area contributed by atoms with E-state index < -0.39 is 9.84 Å². The molecule has 1 saturated heterocycles. The number of nitrogens with zero attached hydrogens (tertiary/aromatic N) is 4. The van der Waals surface area contributed by atoms with Crippen molar-refractivity contribution >= 4 is 22.3 Å². The second-order valence-electron chi connectivity index (χ2n) is 5.33. The maximum absolute atomic E-state index is 11.9. The summed E-state index contributed by atoms with van der Waals surface area (Å²) in [6, 6.07) is 6.58. The Balaban J connectivity index is 1.77. The number of rotatable bonds is 4. The van der Waals surface area contributed by atoms with Crippen LogP contribution in [0.2, 0.25) is 0 Å². The lowest BCUT2D eigenvalue weighted by Crippen LogP contribution is -2.20. The molecule has 0 aromatic carbocycles. The molecule has 3 rings (SSSR count). The molecular weight excluding hydrogens is 312 g/mol. The number of aromatic nitrogens is 2. The van der Waals surface area contributed by atoms with Gasteiger partial charge in [0.2, 0.25) is 0 Å². The molecule has 0 bridgehead atoms. The van der Waals surface area contributed by atoms with Crippen molar-refractivity contribution in [3.05, 3.63) is 60.2 Å². The Morgan fingerprint density at radius 3 is 1.61 bits per heavy atom. The zero-order valence-corrected chi connectivity index (χ0v) is 13.2. The molecular formula is C16H16N4O2S. The standard InChI is InChI=1S/C16H16N4O2S/c21-23(22)11-15(19-9-13-1-5-17-6-2-13)16(12-23)20-10-14-3-7-18-8-4-14/h1-10,15-16H,11-12H2. The lowest BCUT2D eigenvalue weighted by Gasteiger charge is -2.08. The predicted molar refractivity (Wildman–Crippen MR) is 89.9 cm³/mol. The van der Waals surface area contributed by atoms with E-state index in [0.29, 0.717) is 0 Å². The first-order chi connectivity index (χ1) is 11.1. The van der Waals surface area contributed by atoms with E-state index >= 15 is 0 Å². The van der Waals surface area contributed by atoms with Gasteiger partial charge in [-0.2, -0.15) is 0 Å². The van der Waals surface area contributed by atoms with Gasteiger partial charge < -0.3 is 0 Å². The van der Waals surface area contributed by atoms with Crippen LogP contribution in [0.4, 0.5) is 0 Å². The molecule has 1 fully saturated rings. The van der Waals surface area contributed by atoms with E-state index in [1.165, 1.54) is 0 Å². The van der Waals surface area contributed by atoms with Gasteiger partial charge in [-0.05, 0) is 35.4 Å². The summed E-state index contributed by atoms with van der Waals surface area (Å²) >= 11 is 0. The second-order valence-corrected chi connectivity index (χ2v) is 7.48. The zero-order valence-electron chi connectivity index (χ0n) is 12.4. The first-order valence-electron chi connectivity index (χ1n) is 7.19. The molecule has 2 atom stereocenters. The average Bonchev–Trinajstić information content (AvgIpc) is 2.87. The van der Waals surface area contributed by atoms with Gasteiger partial charge in [-0.15, -0.1) is 0 Å². The van der Waals surface area contributed by atoms with Crippen LogP contribution in [-0.4, -0.2) is 54.4 Å². The third-order valence-electron chi connectivity index (χ3n) is 3.54. The molecule has 23 heavy (non-hydrogen) atoms. The number of hydrogen-bond donors (Lipinski definition) is 0. The van der Waals surface area contributed by atoms with Crippen molar-refractivity contribution in [2.45, 2.75) is 12.1 Å². The SMILES string of the molecule is O=S1(=O)CC(N=Cc2ccncc2)C(N=Cc2ccncc2)C1. The molecule has 3 heterocycles. The van der Waals surface area contributed by atoms with Crippen LogP contribution in [0.3, 0.4) is 0 Å². The lowest BCUT2D eigenvalue weighted by molar-refractivity contribution is 0.601. The van der Waals surface area contributed by atoms with Crippen LogP contribution in [0.25, 0.3) is 0 Å². The highest BCUT2D eigenvalue weighted by Gasteiger charge is 2.36. The van der Waals surface area contributed by atoms with Gasteiger partial charge in [0.1, 0.15) is 0 Å². The van der Waals surface area contributed by atoms with Gasteiger partial charge in [0, 0.05) is 37.2 Å². The van der Waals surface area contributed by atoms with E-state index in [4.69, 9.17) is 0 Å². The monoisotopic (exact) mass is 328 g/mol. The summed E-state index contributed by atoms with van der Waals surface area (Å²) in [7, 11) is -3.11. The van der Waals surface area contributed by atoms with Crippen LogP contribution in [0.5, 0.6) is 0 Å². The fraction of sp³-hybridized carbons (Fsp3) is 0.250. The second kappa shape index (κ2) is 6.78. The highest BCUT2D eigenvalue weighted by molar-refractivity contribution is 7.91. The molecule has 0 saturated carbocycles. The largest absolute Gasteiger partial charge is 0.286 e. The number of pyridine rings is 2. The Morgan fingerprint density at radius 2 is 1.22 bits per heavy atom. The highest BCUT2D eigenvalue weighted by Crippen LogP contribution is 2.19. The summed E-state index contributed by atoms with van der Waals surface area (Å²) in [5.74, 6) is 0.0693. The molecule has 0 N–H and O–H groups in total. The first-order valence-corrected chi connectivity index (χ1v) is 9.01. The molecule has 1 aliphatic heterocycles. The van der Waals surface area contributed by atoms with Crippen LogP contribution < -0.4 is 0 Å². The van der Waals surface area contributed by atoms with Gasteiger partial charge in [-0.3, -0.25) is 20.0 Å². The molecule has 1 aliphatic rings. The van der Waals surface area contributed by atoms with Crippen LogP contribution >= 0.6 is 0 Å². The normalized spacial score (nSPS) is 23.7. The Bertz CT molecular complexity index is 741. The third-order valence-corrected chi connectivity index (χ3v) is 5.23. The summed E-state index contributed by atoms with van der Waals surface area (Å²) in [5.41, 5.74) is 1.78. The van der Waals surface area contributed by atoms with Gasteiger partial charge in [0.15, 0.2) is 9.84 Å². The van der Waals surface area contributed by atoms with Crippen LogP contribution in [-0.2, 0) is 9.84 Å². The van der Waals surface area contributed by atoms with E-state index in [2.05, 4.69) is 20.0 Å². The minimum Gasteiger partial charge on any atom is -0.286 e. The van der Waals surface area contributed by atoms with Crippen molar-refractivity contribution in [1.82, 2.24) is 9.97 Å². The Hall–Kier alpha value is -2.41. The van der Waals surface area contributed by atoms with Gasteiger partial charge in [-0.25, -0.2) is 8.42 Å². The fourth-order valence-electron chi connectivity index (χ4n) is 2.36. The minimum absolute atomic E-state index is 0.0347. The number of sulfone groups is 1. The van der Waals surface area contributed by atoms with Crippen molar-refractivity contribution in [3.63, 3.8) is 0 Å². The topological polar surface area (TPSA) is 84.6 Å². The molecule has 7 heteroatoms. The number of hydrogen-bond acceptors (Lipinski definition) is 6. The van der Waals surface area contributed by atoms with E-state index in [9.17, 15) is 8.42 Å². The van der Waals surface area contributed by atoms with Gasteiger partial charge in [-0.1, -0.05) is 0 Å². The van der Waals surface area contributed by atoms with Crippen LogP contribution in [0.15, 0.2) is 59.0 Å². The Labute approximate surface area is 135 Å². The molecule has 2 aromatic heterocycles. The molecule has 6 nitrogen and oxygen atoms in total. The molecule has 0 amide bonds. The third kappa shape index (κ3) is 4.29. The predicted octanol–water partition coefficient (Wildman–Crippen LogP) is 1.18. The van der Waals surface area contributed by atoms with Crippen molar-refractivity contribution in [3.8, 4) is 0 Å². The quantitative estimate of drug-likeness (QED) is 0.789. The molecule has 2 unspecified atom stereocenters. The van der Waals surface area contributed by atoms with Crippen LogP contribution in [0.1, 0.15) is 11.1 Å². The van der Waals surface area contributed by atoms with Gasteiger partial charge in [0.05, 0.1) is 23.6 Å².